The van der Waals surface area contributed by atoms with Gasteiger partial charge in [-0.25, -0.2) is 9.37 Å². The molecule has 0 bridgehead atoms. The van der Waals surface area contributed by atoms with Gasteiger partial charge in [0.2, 0.25) is 5.71 Å². The largest absolute Gasteiger partial charge is 0.489 e. The molecule has 0 aliphatic carbocycles. The molecule has 1 aliphatic rings. The smallest absolute Gasteiger partial charge is 0.227 e. The summed E-state index contributed by atoms with van der Waals surface area (Å²) in [4.78, 5) is 6.79. The summed E-state index contributed by atoms with van der Waals surface area (Å²) in [5.41, 5.74) is 4.24. The molecular weight excluding hydrogens is 403 g/mol. The highest BCUT2D eigenvalue weighted by atomic mass is 19.1. The van der Waals surface area contributed by atoms with Crippen molar-refractivity contribution in [3.8, 4) is 28.2 Å². The van der Waals surface area contributed by atoms with E-state index < -0.39 is 0 Å². The van der Waals surface area contributed by atoms with Crippen LogP contribution in [0, 0.1) is 12.7 Å². The Bertz CT molecular complexity index is 1210. The number of pyridine rings is 1. The number of benzene rings is 2. The van der Waals surface area contributed by atoms with Crippen molar-refractivity contribution in [2.24, 2.45) is 0 Å². The second kappa shape index (κ2) is 9.13. The van der Waals surface area contributed by atoms with Gasteiger partial charge in [-0.2, -0.15) is 0 Å². The lowest BCUT2D eigenvalue weighted by atomic mass is 9.97. The topological polar surface area (TPSA) is 38.5 Å². The summed E-state index contributed by atoms with van der Waals surface area (Å²) in [5, 5.41) is 0.955. The molecule has 32 heavy (non-hydrogen) atoms. The van der Waals surface area contributed by atoms with Crippen molar-refractivity contribution in [3.63, 3.8) is 0 Å². The van der Waals surface area contributed by atoms with Gasteiger partial charge in [0.25, 0.3) is 0 Å². The van der Waals surface area contributed by atoms with Crippen LogP contribution in [0.3, 0.4) is 0 Å². The van der Waals surface area contributed by atoms with Crippen LogP contribution < -0.4 is 4.74 Å². The van der Waals surface area contributed by atoms with E-state index in [-0.39, 0.29) is 11.6 Å². The molecule has 3 heterocycles. The third kappa shape index (κ3) is 4.13. The average molecular weight is 431 g/mol. The Kier molecular flexibility index (Phi) is 5.91. The van der Waals surface area contributed by atoms with Crippen LogP contribution >= 0.6 is 0 Å². The molecule has 5 heteroatoms. The molecule has 1 fully saturated rings. The van der Waals surface area contributed by atoms with Crippen molar-refractivity contribution < 1.29 is 13.5 Å². The maximum Gasteiger partial charge on any atom is 0.227 e. The number of aryl methyl sites for hydroxylation is 1. The highest BCUT2D eigenvalue weighted by Gasteiger charge is 2.21. The third-order valence-corrected chi connectivity index (χ3v) is 6.17. The number of halogens is 1. The molecule has 0 unspecified atom stereocenters. The number of rotatable bonds is 6. The zero-order valence-electron chi connectivity index (χ0n) is 18.3. The fourth-order valence-electron chi connectivity index (χ4n) is 4.49. The number of furan rings is 1. The Hall–Kier alpha value is -3.18. The molecule has 2 aromatic carbocycles. The fraction of sp³-hybridized carbons (Fsp3) is 0.296. The van der Waals surface area contributed by atoms with Crippen molar-refractivity contribution in [1.82, 2.24) is 9.88 Å². The maximum atomic E-state index is 15.0. The first-order chi connectivity index (χ1) is 15.7. The lowest BCUT2D eigenvalue weighted by Crippen LogP contribution is -2.33. The monoisotopic (exact) mass is 430 g/mol. The van der Waals surface area contributed by atoms with Gasteiger partial charge in [-0.05, 0) is 68.2 Å². The second-order valence-electron chi connectivity index (χ2n) is 8.38. The molecule has 4 nitrogen and oxygen atoms in total. The van der Waals surface area contributed by atoms with E-state index in [0.29, 0.717) is 23.6 Å². The standard InChI is InChI=1S/C27H27FN2O2/c1-19-12-13-29-27-24(19)25(20-8-4-2-5-9-20)26(32-27)21-10-11-23(22(28)18-21)31-17-16-30-14-6-3-7-15-30/h2,4-5,8-13,18H,3,6-7,14-17H2,1H3. The van der Waals surface area contributed by atoms with Crippen LogP contribution in [0.5, 0.6) is 5.75 Å². The number of piperidine rings is 1. The average Bonchev–Trinajstić information content (AvgIpc) is 3.22. The number of ether oxygens (including phenoxy) is 1. The SMILES string of the molecule is Cc1ccnc2oc(-c3ccc(OCCN4CCCCC4)c(F)c3)c(-c3ccccc3)c12. The van der Waals surface area contributed by atoms with E-state index in [0.717, 1.165) is 41.7 Å². The summed E-state index contributed by atoms with van der Waals surface area (Å²) in [6.07, 6.45) is 5.51. The van der Waals surface area contributed by atoms with Crippen LogP contribution in [-0.2, 0) is 0 Å². The van der Waals surface area contributed by atoms with E-state index in [4.69, 9.17) is 9.15 Å². The van der Waals surface area contributed by atoms with Gasteiger partial charge in [-0.15, -0.1) is 0 Å². The van der Waals surface area contributed by atoms with E-state index >= 15 is 0 Å². The van der Waals surface area contributed by atoms with Gasteiger partial charge in [0, 0.05) is 23.9 Å². The van der Waals surface area contributed by atoms with Gasteiger partial charge < -0.3 is 9.15 Å². The van der Waals surface area contributed by atoms with Crippen LogP contribution in [0.2, 0.25) is 0 Å². The zero-order chi connectivity index (χ0) is 21.9. The van der Waals surface area contributed by atoms with E-state index in [2.05, 4.69) is 9.88 Å². The molecule has 0 radical (unpaired) electrons. The molecule has 0 N–H and O–H groups in total. The molecule has 0 saturated carbocycles. The van der Waals surface area contributed by atoms with Gasteiger partial charge >= 0.3 is 0 Å². The second-order valence-corrected chi connectivity index (χ2v) is 8.38. The van der Waals surface area contributed by atoms with Crippen molar-refractivity contribution in [2.75, 3.05) is 26.2 Å². The molecule has 1 aliphatic heterocycles. The van der Waals surface area contributed by atoms with Crippen molar-refractivity contribution in [2.45, 2.75) is 26.2 Å². The minimum Gasteiger partial charge on any atom is -0.489 e. The normalized spacial score (nSPS) is 14.7. The highest BCUT2D eigenvalue weighted by Crippen LogP contribution is 2.42. The minimum absolute atomic E-state index is 0.275. The summed E-state index contributed by atoms with van der Waals surface area (Å²) in [6, 6.07) is 17.0. The predicted octanol–water partition coefficient (Wildman–Crippen LogP) is 6.47. The Morgan fingerprint density at radius 3 is 2.59 bits per heavy atom. The van der Waals surface area contributed by atoms with Gasteiger partial charge in [0.05, 0.1) is 5.39 Å². The Balaban J connectivity index is 1.45. The lowest BCUT2D eigenvalue weighted by molar-refractivity contribution is 0.180. The molecule has 1 saturated heterocycles. The van der Waals surface area contributed by atoms with E-state index in [9.17, 15) is 4.39 Å². The van der Waals surface area contributed by atoms with E-state index in [1.54, 1.807) is 12.3 Å². The van der Waals surface area contributed by atoms with E-state index in [1.165, 1.54) is 25.3 Å². The molecule has 0 amide bonds. The summed E-state index contributed by atoms with van der Waals surface area (Å²) in [6.45, 7) is 5.56. The van der Waals surface area contributed by atoms with Gasteiger partial charge in [-0.1, -0.05) is 36.8 Å². The Labute approximate surface area is 187 Å². The van der Waals surface area contributed by atoms with Crippen molar-refractivity contribution in [3.05, 3.63) is 72.2 Å². The maximum absolute atomic E-state index is 15.0. The lowest BCUT2D eigenvalue weighted by Gasteiger charge is -2.26. The summed E-state index contributed by atoms with van der Waals surface area (Å²) >= 11 is 0. The molecule has 0 atom stereocenters. The summed E-state index contributed by atoms with van der Waals surface area (Å²) in [7, 11) is 0. The number of likely N-dealkylation sites (tertiary alicyclic amines) is 1. The summed E-state index contributed by atoms with van der Waals surface area (Å²) in [5.74, 6) is 0.509. The molecule has 2 aromatic heterocycles. The number of hydrogen-bond donors (Lipinski definition) is 0. The van der Waals surface area contributed by atoms with Crippen LogP contribution in [0.1, 0.15) is 24.8 Å². The first-order valence-corrected chi connectivity index (χ1v) is 11.3. The molecule has 0 spiro atoms. The number of fused-ring (bicyclic) bond motifs is 1. The van der Waals surface area contributed by atoms with Gasteiger partial charge in [0.1, 0.15) is 12.4 Å². The van der Waals surface area contributed by atoms with Crippen LogP contribution in [0.25, 0.3) is 33.6 Å². The first-order valence-electron chi connectivity index (χ1n) is 11.3. The number of aromatic nitrogens is 1. The zero-order valence-corrected chi connectivity index (χ0v) is 18.3. The minimum atomic E-state index is -0.384. The van der Waals surface area contributed by atoms with Crippen molar-refractivity contribution >= 4 is 11.1 Å². The molecule has 5 rings (SSSR count). The van der Waals surface area contributed by atoms with E-state index in [1.807, 2.05) is 49.4 Å². The van der Waals surface area contributed by atoms with Crippen LogP contribution in [0.4, 0.5) is 4.39 Å². The van der Waals surface area contributed by atoms with Gasteiger partial charge in [0.15, 0.2) is 11.6 Å². The molecule has 4 aromatic rings. The predicted molar refractivity (Wildman–Crippen MR) is 125 cm³/mol. The third-order valence-electron chi connectivity index (χ3n) is 6.17. The van der Waals surface area contributed by atoms with Crippen LogP contribution in [-0.4, -0.2) is 36.1 Å². The quantitative estimate of drug-likeness (QED) is 0.351. The van der Waals surface area contributed by atoms with Crippen LogP contribution in [0.15, 0.2) is 65.2 Å². The summed E-state index contributed by atoms with van der Waals surface area (Å²) < 4.78 is 26.9. The Morgan fingerprint density at radius 1 is 1.00 bits per heavy atom. The number of nitrogens with zero attached hydrogens (tertiary/aromatic N) is 2. The first kappa shape index (κ1) is 20.7. The Morgan fingerprint density at radius 2 is 1.81 bits per heavy atom. The molecule has 164 valence electrons. The molecular formula is C27H27FN2O2. The van der Waals surface area contributed by atoms with Gasteiger partial charge in [-0.3, -0.25) is 4.90 Å². The van der Waals surface area contributed by atoms with Crippen molar-refractivity contribution in [1.29, 1.82) is 0 Å². The number of hydrogen-bond acceptors (Lipinski definition) is 4. The highest BCUT2D eigenvalue weighted by molar-refractivity contribution is 6.02. The fourth-order valence-corrected chi connectivity index (χ4v) is 4.49.